The van der Waals surface area contributed by atoms with Gasteiger partial charge in [-0.05, 0) is 53.9 Å². The standard InChI is InChI=1S/C19H24BrN3O.C2H6/c1-13-4-6-14(7-5-13)15-10-16(12-22(2)11-15)21-17-8-9-23(3)19(24)18(17)20;1-2/h4-9,15-16,21H,10-12H2,1-3H3;1-2H3. The molecule has 0 saturated carbocycles. The summed E-state index contributed by atoms with van der Waals surface area (Å²) in [6.45, 7) is 8.16. The van der Waals surface area contributed by atoms with Crippen molar-refractivity contribution in [1.29, 1.82) is 0 Å². The Balaban J connectivity index is 0.00000117. The molecule has 0 aliphatic carbocycles. The Labute approximate surface area is 165 Å². The van der Waals surface area contributed by atoms with Crippen molar-refractivity contribution in [3.05, 3.63) is 62.5 Å². The molecule has 1 aliphatic heterocycles. The lowest BCUT2D eigenvalue weighted by atomic mass is 9.88. The van der Waals surface area contributed by atoms with E-state index in [1.165, 1.54) is 11.1 Å². The van der Waals surface area contributed by atoms with Crippen molar-refractivity contribution < 1.29 is 0 Å². The summed E-state index contributed by atoms with van der Waals surface area (Å²) in [4.78, 5) is 14.4. The zero-order valence-corrected chi connectivity index (χ0v) is 18.0. The maximum absolute atomic E-state index is 12.1. The molecule has 1 saturated heterocycles. The first-order valence-corrected chi connectivity index (χ1v) is 10.1. The molecule has 4 nitrogen and oxygen atoms in total. The number of benzene rings is 1. The lowest BCUT2D eigenvalue weighted by Crippen LogP contribution is -2.43. The molecule has 2 heterocycles. The Hall–Kier alpha value is -1.59. The van der Waals surface area contributed by atoms with Crippen molar-refractivity contribution >= 4 is 21.6 Å². The number of halogens is 1. The molecule has 1 N–H and O–H groups in total. The highest BCUT2D eigenvalue weighted by molar-refractivity contribution is 9.10. The van der Waals surface area contributed by atoms with Crippen LogP contribution in [-0.4, -0.2) is 35.6 Å². The van der Waals surface area contributed by atoms with Crippen molar-refractivity contribution in [3.8, 4) is 0 Å². The summed E-state index contributed by atoms with van der Waals surface area (Å²) >= 11 is 3.43. The van der Waals surface area contributed by atoms with Gasteiger partial charge in [0, 0.05) is 32.4 Å². The van der Waals surface area contributed by atoms with E-state index in [0.717, 1.165) is 25.2 Å². The largest absolute Gasteiger partial charge is 0.380 e. The monoisotopic (exact) mass is 419 g/mol. The fourth-order valence-electron chi connectivity index (χ4n) is 3.43. The molecular formula is C21H30BrN3O. The number of aromatic nitrogens is 1. The van der Waals surface area contributed by atoms with Crippen LogP contribution in [0.25, 0.3) is 0 Å². The zero-order chi connectivity index (χ0) is 19.3. The summed E-state index contributed by atoms with van der Waals surface area (Å²) in [5, 5.41) is 3.56. The lowest BCUT2D eigenvalue weighted by molar-refractivity contribution is 0.235. The predicted octanol–water partition coefficient (Wildman–Crippen LogP) is 4.38. The van der Waals surface area contributed by atoms with E-state index in [-0.39, 0.29) is 5.56 Å². The maximum atomic E-state index is 12.1. The number of likely N-dealkylation sites (N-methyl/N-ethyl adjacent to an activating group) is 1. The van der Waals surface area contributed by atoms with Crippen molar-refractivity contribution in [2.24, 2.45) is 7.05 Å². The number of rotatable bonds is 3. The number of anilines is 1. The summed E-state index contributed by atoms with van der Waals surface area (Å²) in [6, 6.07) is 11.1. The number of aryl methyl sites for hydroxylation is 2. The summed E-state index contributed by atoms with van der Waals surface area (Å²) < 4.78 is 2.18. The summed E-state index contributed by atoms with van der Waals surface area (Å²) in [5.74, 6) is 0.507. The van der Waals surface area contributed by atoms with E-state index in [4.69, 9.17) is 0 Å². The number of nitrogens with zero attached hydrogens (tertiary/aromatic N) is 2. The molecule has 1 fully saturated rings. The molecule has 0 bridgehead atoms. The second-order valence-electron chi connectivity index (χ2n) is 6.87. The topological polar surface area (TPSA) is 37.3 Å². The number of likely N-dealkylation sites (tertiary alicyclic amines) is 1. The number of nitrogens with one attached hydrogen (secondary N) is 1. The minimum Gasteiger partial charge on any atom is -0.380 e. The summed E-state index contributed by atoms with van der Waals surface area (Å²) in [6.07, 6.45) is 2.87. The molecule has 2 atom stereocenters. The number of hydrogen-bond donors (Lipinski definition) is 1. The first-order chi connectivity index (χ1) is 12.4. The molecule has 0 spiro atoms. The molecule has 3 rings (SSSR count). The molecule has 2 unspecified atom stereocenters. The summed E-state index contributed by atoms with van der Waals surface area (Å²) in [7, 11) is 3.92. The molecule has 1 aromatic heterocycles. The SMILES string of the molecule is CC.Cc1ccc(C2CC(Nc3ccn(C)c(=O)c3Br)CN(C)C2)cc1. The van der Waals surface area contributed by atoms with E-state index in [1.54, 1.807) is 17.8 Å². The van der Waals surface area contributed by atoms with Crippen LogP contribution < -0.4 is 10.9 Å². The Morgan fingerprint density at radius 3 is 2.38 bits per heavy atom. The number of piperidine rings is 1. The van der Waals surface area contributed by atoms with E-state index >= 15 is 0 Å². The maximum Gasteiger partial charge on any atom is 0.266 e. The van der Waals surface area contributed by atoms with Crippen LogP contribution in [0.4, 0.5) is 5.69 Å². The van der Waals surface area contributed by atoms with E-state index in [1.807, 2.05) is 19.9 Å². The van der Waals surface area contributed by atoms with Crippen molar-refractivity contribution in [2.45, 2.75) is 39.2 Å². The third-order valence-electron chi connectivity index (χ3n) is 4.75. The minimum absolute atomic E-state index is 0.0146. The van der Waals surface area contributed by atoms with Crippen LogP contribution >= 0.6 is 15.9 Å². The van der Waals surface area contributed by atoms with Gasteiger partial charge in [-0.2, -0.15) is 0 Å². The molecular weight excluding hydrogens is 390 g/mol. The summed E-state index contributed by atoms with van der Waals surface area (Å²) in [5.41, 5.74) is 3.55. The van der Waals surface area contributed by atoms with Gasteiger partial charge in [-0.25, -0.2) is 0 Å². The van der Waals surface area contributed by atoms with Crippen LogP contribution in [-0.2, 0) is 7.05 Å². The van der Waals surface area contributed by atoms with Crippen LogP contribution in [0.3, 0.4) is 0 Å². The van der Waals surface area contributed by atoms with Gasteiger partial charge in [-0.3, -0.25) is 4.79 Å². The Morgan fingerprint density at radius 1 is 1.08 bits per heavy atom. The van der Waals surface area contributed by atoms with E-state index in [2.05, 4.69) is 64.4 Å². The highest BCUT2D eigenvalue weighted by Crippen LogP contribution is 2.29. The molecule has 142 valence electrons. The van der Waals surface area contributed by atoms with Crippen LogP contribution in [0.5, 0.6) is 0 Å². The second-order valence-corrected chi connectivity index (χ2v) is 7.66. The van der Waals surface area contributed by atoms with Gasteiger partial charge in [0.25, 0.3) is 5.56 Å². The lowest BCUT2D eigenvalue weighted by Gasteiger charge is -2.37. The predicted molar refractivity (Wildman–Crippen MR) is 114 cm³/mol. The number of hydrogen-bond acceptors (Lipinski definition) is 3. The third-order valence-corrected chi connectivity index (χ3v) is 5.52. The quantitative estimate of drug-likeness (QED) is 0.801. The van der Waals surface area contributed by atoms with Gasteiger partial charge in [-0.15, -0.1) is 0 Å². The van der Waals surface area contributed by atoms with Gasteiger partial charge < -0.3 is 14.8 Å². The fourth-order valence-corrected chi connectivity index (χ4v) is 3.96. The van der Waals surface area contributed by atoms with Gasteiger partial charge >= 0.3 is 0 Å². The third kappa shape index (κ3) is 4.98. The van der Waals surface area contributed by atoms with Crippen LogP contribution in [0.1, 0.15) is 37.3 Å². The van der Waals surface area contributed by atoms with Crippen molar-refractivity contribution in [1.82, 2.24) is 9.47 Å². The Morgan fingerprint density at radius 2 is 1.73 bits per heavy atom. The van der Waals surface area contributed by atoms with Crippen LogP contribution in [0, 0.1) is 6.92 Å². The average molecular weight is 420 g/mol. The minimum atomic E-state index is -0.0146. The molecule has 1 aromatic carbocycles. The van der Waals surface area contributed by atoms with Crippen LogP contribution in [0.15, 0.2) is 45.8 Å². The van der Waals surface area contributed by atoms with Gasteiger partial charge in [0.05, 0.1) is 5.69 Å². The highest BCUT2D eigenvalue weighted by atomic mass is 79.9. The van der Waals surface area contributed by atoms with Crippen molar-refractivity contribution in [3.63, 3.8) is 0 Å². The van der Waals surface area contributed by atoms with Gasteiger partial charge in [-0.1, -0.05) is 43.7 Å². The normalized spacial score (nSPS) is 20.2. The van der Waals surface area contributed by atoms with Gasteiger partial charge in [0.2, 0.25) is 0 Å². The molecule has 2 aromatic rings. The van der Waals surface area contributed by atoms with E-state index in [0.29, 0.717) is 16.4 Å². The first kappa shape index (κ1) is 20.7. The van der Waals surface area contributed by atoms with Crippen molar-refractivity contribution in [2.75, 3.05) is 25.5 Å². The van der Waals surface area contributed by atoms with E-state index < -0.39 is 0 Å². The average Bonchev–Trinajstić information content (AvgIpc) is 2.64. The number of pyridine rings is 1. The van der Waals surface area contributed by atoms with Gasteiger partial charge in [0.15, 0.2) is 0 Å². The molecule has 0 radical (unpaired) electrons. The van der Waals surface area contributed by atoms with Gasteiger partial charge in [0.1, 0.15) is 4.47 Å². The first-order valence-electron chi connectivity index (χ1n) is 9.31. The Bertz CT molecular complexity index is 770. The Kier molecular flexibility index (Phi) is 7.47. The van der Waals surface area contributed by atoms with Crippen LogP contribution in [0.2, 0.25) is 0 Å². The second kappa shape index (κ2) is 9.38. The molecule has 5 heteroatoms. The molecule has 1 aliphatic rings. The molecule has 26 heavy (non-hydrogen) atoms. The zero-order valence-electron chi connectivity index (χ0n) is 16.4. The molecule has 0 amide bonds. The highest BCUT2D eigenvalue weighted by Gasteiger charge is 2.26. The smallest absolute Gasteiger partial charge is 0.266 e. The fraction of sp³-hybridized carbons (Fsp3) is 0.476. The van der Waals surface area contributed by atoms with E-state index in [9.17, 15) is 4.79 Å².